The summed E-state index contributed by atoms with van der Waals surface area (Å²) in [6, 6.07) is 10.7. The highest BCUT2D eigenvalue weighted by Crippen LogP contribution is 2.31. The van der Waals surface area contributed by atoms with Crippen LogP contribution in [0.4, 0.5) is 17.1 Å². The van der Waals surface area contributed by atoms with Crippen molar-refractivity contribution in [3.8, 4) is 5.75 Å². The van der Waals surface area contributed by atoms with Gasteiger partial charge < -0.3 is 10.5 Å². The Morgan fingerprint density at radius 2 is 1.85 bits per heavy atom. The number of H-pyrrole nitrogens is 1. The van der Waals surface area contributed by atoms with Crippen LogP contribution in [0.5, 0.6) is 5.75 Å². The van der Waals surface area contributed by atoms with Crippen LogP contribution < -0.4 is 10.5 Å². The van der Waals surface area contributed by atoms with E-state index in [-0.39, 0.29) is 0 Å². The fourth-order valence-corrected chi connectivity index (χ4v) is 1.78. The largest absolute Gasteiger partial charge is 0.497 e. The number of nitrogens with two attached hydrogens (primary N) is 1. The monoisotopic (exact) mass is 268 g/mol. The zero-order chi connectivity index (χ0) is 13.9. The van der Waals surface area contributed by atoms with Crippen LogP contribution in [-0.4, -0.2) is 22.5 Å². The first-order valence-electron chi connectivity index (χ1n) is 5.92. The number of nitrogen functional groups attached to an aromatic ring is 1. The number of azo groups is 1. The second-order valence-corrected chi connectivity index (χ2v) is 4.09. The zero-order valence-corrected chi connectivity index (χ0v) is 10.7. The molecule has 0 fully saturated rings. The number of hydrogen-bond donors (Lipinski definition) is 2. The number of hydrogen-bond acceptors (Lipinski definition) is 6. The third-order valence-corrected chi connectivity index (χ3v) is 2.83. The third-order valence-electron chi connectivity index (χ3n) is 2.83. The summed E-state index contributed by atoms with van der Waals surface area (Å²) in [6.07, 6.45) is 0. The van der Waals surface area contributed by atoms with E-state index < -0.39 is 0 Å². The molecule has 0 saturated carbocycles. The SMILES string of the molecule is COc1ccc(N=Nc2c(N)ccc3n[nH]nc23)cc1. The standard InChI is InChI=1S/C13H12N6O/c1-20-9-4-2-8(3-5-9)15-17-12-10(14)6-7-11-13(12)18-19-16-11/h2-7H,14H2,1H3,(H,16,18,19). The van der Waals surface area contributed by atoms with E-state index in [1.165, 1.54) is 0 Å². The highest BCUT2D eigenvalue weighted by molar-refractivity contribution is 5.92. The van der Waals surface area contributed by atoms with Crippen LogP contribution in [-0.2, 0) is 0 Å². The molecule has 1 aromatic heterocycles. The second-order valence-electron chi connectivity index (χ2n) is 4.09. The molecule has 3 rings (SSSR count). The van der Waals surface area contributed by atoms with E-state index in [0.29, 0.717) is 28.1 Å². The predicted octanol–water partition coefficient (Wildman–Crippen LogP) is 2.96. The molecular formula is C13H12N6O. The molecule has 0 atom stereocenters. The van der Waals surface area contributed by atoms with E-state index in [0.717, 1.165) is 5.75 Å². The van der Waals surface area contributed by atoms with E-state index in [4.69, 9.17) is 10.5 Å². The lowest BCUT2D eigenvalue weighted by Gasteiger charge is -2.00. The molecule has 2 aromatic carbocycles. The summed E-state index contributed by atoms with van der Waals surface area (Å²) >= 11 is 0. The van der Waals surface area contributed by atoms with Crippen molar-refractivity contribution < 1.29 is 4.74 Å². The molecule has 0 aliphatic carbocycles. The molecule has 3 aromatic rings. The summed E-state index contributed by atoms with van der Waals surface area (Å²) in [6.45, 7) is 0. The molecule has 0 bridgehead atoms. The van der Waals surface area contributed by atoms with Crippen LogP contribution in [0, 0.1) is 0 Å². The fourth-order valence-electron chi connectivity index (χ4n) is 1.78. The predicted molar refractivity (Wildman–Crippen MR) is 75.5 cm³/mol. The maximum Gasteiger partial charge on any atom is 0.142 e. The van der Waals surface area contributed by atoms with Gasteiger partial charge in [-0.1, -0.05) is 0 Å². The number of fused-ring (bicyclic) bond motifs is 1. The normalized spacial score (nSPS) is 11.2. The highest BCUT2D eigenvalue weighted by Gasteiger charge is 2.08. The van der Waals surface area contributed by atoms with Crippen LogP contribution in [0.15, 0.2) is 46.6 Å². The topological polar surface area (TPSA) is 102 Å². The van der Waals surface area contributed by atoms with E-state index >= 15 is 0 Å². The van der Waals surface area contributed by atoms with Gasteiger partial charge in [0.15, 0.2) is 0 Å². The summed E-state index contributed by atoms with van der Waals surface area (Å²) in [4.78, 5) is 0. The Bertz CT molecular complexity index is 762. The van der Waals surface area contributed by atoms with E-state index in [2.05, 4.69) is 25.6 Å². The minimum Gasteiger partial charge on any atom is -0.497 e. The fraction of sp³-hybridized carbons (Fsp3) is 0.0769. The van der Waals surface area contributed by atoms with Gasteiger partial charge in [0.05, 0.1) is 18.5 Å². The first-order chi connectivity index (χ1) is 9.78. The van der Waals surface area contributed by atoms with Crippen molar-refractivity contribution in [2.45, 2.75) is 0 Å². The molecule has 0 saturated heterocycles. The van der Waals surface area contributed by atoms with Gasteiger partial charge in [0.1, 0.15) is 22.5 Å². The van der Waals surface area contributed by atoms with Gasteiger partial charge in [-0.2, -0.15) is 20.5 Å². The van der Waals surface area contributed by atoms with Crippen molar-refractivity contribution >= 4 is 28.1 Å². The molecular weight excluding hydrogens is 256 g/mol. The molecule has 7 heteroatoms. The molecule has 3 N–H and O–H groups in total. The average molecular weight is 268 g/mol. The first-order valence-corrected chi connectivity index (χ1v) is 5.92. The Morgan fingerprint density at radius 1 is 1.05 bits per heavy atom. The molecule has 0 aliphatic heterocycles. The van der Waals surface area contributed by atoms with Crippen LogP contribution in [0.25, 0.3) is 11.0 Å². The number of nitrogens with one attached hydrogen (secondary N) is 1. The molecule has 7 nitrogen and oxygen atoms in total. The molecule has 20 heavy (non-hydrogen) atoms. The molecule has 100 valence electrons. The lowest BCUT2D eigenvalue weighted by atomic mass is 10.2. The van der Waals surface area contributed by atoms with E-state index in [9.17, 15) is 0 Å². The average Bonchev–Trinajstić information content (AvgIpc) is 2.95. The van der Waals surface area contributed by atoms with Gasteiger partial charge in [-0.25, -0.2) is 0 Å². The molecule has 1 heterocycles. The number of ether oxygens (including phenoxy) is 1. The molecule has 0 spiro atoms. The van der Waals surface area contributed by atoms with E-state index in [1.807, 2.05) is 24.3 Å². The number of aromatic nitrogens is 3. The van der Waals surface area contributed by atoms with Gasteiger partial charge in [-0.15, -0.1) is 5.11 Å². The van der Waals surface area contributed by atoms with E-state index in [1.54, 1.807) is 19.2 Å². The number of benzene rings is 2. The highest BCUT2D eigenvalue weighted by atomic mass is 16.5. The first kappa shape index (κ1) is 12.1. The smallest absolute Gasteiger partial charge is 0.142 e. The van der Waals surface area contributed by atoms with Crippen molar-refractivity contribution in [2.24, 2.45) is 10.2 Å². The summed E-state index contributed by atoms with van der Waals surface area (Å²) in [5.74, 6) is 0.766. The van der Waals surface area contributed by atoms with Gasteiger partial charge in [0.2, 0.25) is 0 Å². The summed E-state index contributed by atoms with van der Waals surface area (Å²) in [5.41, 5.74) is 8.91. The van der Waals surface area contributed by atoms with Gasteiger partial charge in [-0.3, -0.25) is 0 Å². The van der Waals surface area contributed by atoms with Gasteiger partial charge in [0.25, 0.3) is 0 Å². The quantitative estimate of drug-likeness (QED) is 0.563. The van der Waals surface area contributed by atoms with Crippen molar-refractivity contribution in [3.05, 3.63) is 36.4 Å². The third kappa shape index (κ3) is 2.16. The van der Waals surface area contributed by atoms with Crippen LogP contribution in [0.3, 0.4) is 0 Å². The molecule has 0 amide bonds. The lowest BCUT2D eigenvalue weighted by molar-refractivity contribution is 0.415. The Morgan fingerprint density at radius 3 is 2.60 bits per heavy atom. The zero-order valence-electron chi connectivity index (χ0n) is 10.7. The van der Waals surface area contributed by atoms with Crippen molar-refractivity contribution in [1.29, 1.82) is 0 Å². The molecule has 0 unspecified atom stereocenters. The van der Waals surface area contributed by atoms with Gasteiger partial charge >= 0.3 is 0 Å². The van der Waals surface area contributed by atoms with Gasteiger partial charge in [0, 0.05) is 0 Å². The number of nitrogens with zero attached hydrogens (tertiary/aromatic N) is 4. The number of aromatic amines is 1. The minimum absolute atomic E-state index is 0.503. The number of rotatable bonds is 3. The Labute approximate surface area is 114 Å². The summed E-state index contributed by atoms with van der Waals surface area (Å²) in [7, 11) is 1.61. The maximum absolute atomic E-state index is 5.90. The van der Waals surface area contributed by atoms with Crippen LogP contribution in [0.1, 0.15) is 0 Å². The van der Waals surface area contributed by atoms with Gasteiger partial charge in [-0.05, 0) is 36.4 Å². The Hall–Kier alpha value is -2.96. The van der Waals surface area contributed by atoms with Crippen LogP contribution >= 0.6 is 0 Å². The molecule has 0 aliphatic rings. The molecule has 0 radical (unpaired) electrons. The lowest BCUT2D eigenvalue weighted by Crippen LogP contribution is -1.85. The van der Waals surface area contributed by atoms with Crippen molar-refractivity contribution in [3.63, 3.8) is 0 Å². The summed E-state index contributed by atoms with van der Waals surface area (Å²) < 4.78 is 5.08. The van der Waals surface area contributed by atoms with Crippen molar-refractivity contribution in [1.82, 2.24) is 15.4 Å². The Balaban J connectivity index is 1.97. The summed E-state index contributed by atoms with van der Waals surface area (Å²) in [5, 5.41) is 18.9. The number of methoxy groups -OCH3 is 1. The van der Waals surface area contributed by atoms with Crippen LogP contribution in [0.2, 0.25) is 0 Å². The maximum atomic E-state index is 5.90. The number of anilines is 1. The minimum atomic E-state index is 0.503. The Kier molecular flexibility index (Phi) is 3.00. The van der Waals surface area contributed by atoms with Crippen molar-refractivity contribution in [2.75, 3.05) is 12.8 Å². The second kappa shape index (κ2) is 4.96.